The van der Waals surface area contributed by atoms with Gasteiger partial charge in [-0.2, -0.15) is 0 Å². The number of hydrogen-bond donors (Lipinski definition) is 1. The number of benzene rings is 1. The van der Waals surface area contributed by atoms with Crippen molar-refractivity contribution in [2.24, 2.45) is 10.1 Å². The Balaban J connectivity index is 1.73. The molecule has 0 amide bonds. The molecule has 0 fully saturated rings. The van der Waals surface area contributed by atoms with E-state index in [1.807, 2.05) is 0 Å². The van der Waals surface area contributed by atoms with Crippen molar-refractivity contribution in [3.63, 3.8) is 0 Å². The predicted molar refractivity (Wildman–Crippen MR) is 107 cm³/mol. The topological polar surface area (TPSA) is 61.1 Å². The van der Waals surface area contributed by atoms with Crippen molar-refractivity contribution >= 4 is 28.8 Å². The van der Waals surface area contributed by atoms with Crippen LogP contribution in [0.4, 0.5) is 19.0 Å². The van der Waals surface area contributed by atoms with Crippen molar-refractivity contribution < 1.29 is 18.4 Å². The van der Waals surface area contributed by atoms with Gasteiger partial charge in [-0.1, -0.05) is 22.8 Å². The van der Waals surface area contributed by atoms with Crippen LogP contribution in [-0.4, -0.2) is 53.1 Å². The Hall–Kier alpha value is -2.45. The molecule has 0 unspecified atom stereocenters. The van der Waals surface area contributed by atoms with Crippen molar-refractivity contribution in [3.05, 3.63) is 58.0 Å². The van der Waals surface area contributed by atoms with E-state index >= 15 is 0 Å². The molecule has 0 spiro atoms. The first-order valence-corrected chi connectivity index (χ1v) is 9.41. The summed E-state index contributed by atoms with van der Waals surface area (Å²) < 4.78 is 38.3. The molecule has 0 bridgehead atoms. The lowest BCUT2D eigenvalue weighted by molar-refractivity contribution is 0.102. The molecule has 1 aliphatic heterocycles. The summed E-state index contributed by atoms with van der Waals surface area (Å²) in [5.74, 6) is 0.0184. The Morgan fingerprint density at radius 2 is 2.14 bits per heavy atom. The van der Waals surface area contributed by atoms with Gasteiger partial charge in [-0.05, 0) is 37.2 Å². The fourth-order valence-corrected chi connectivity index (χ4v) is 3.44. The van der Waals surface area contributed by atoms with Gasteiger partial charge >= 0.3 is 0 Å². The van der Waals surface area contributed by atoms with Gasteiger partial charge in [0.25, 0.3) is 6.43 Å². The van der Waals surface area contributed by atoms with Crippen molar-refractivity contribution in [1.82, 2.24) is 9.88 Å². The van der Waals surface area contributed by atoms with E-state index in [1.165, 1.54) is 12.1 Å². The van der Waals surface area contributed by atoms with Crippen LogP contribution in [0.15, 0.2) is 40.6 Å². The molecule has 29 heavy (non-hydrogen) atoms. The van der Waals surface area contributed by atoms with Gasteiger partial charge in [-0.25, -0.2) is 23.1 Å². The zero-order valence-corrected chi connectivity index (χ0v) is 16.5. The molecular weight excluding hydrogens is 405 g/mol. The summed E-state index contributed by atoms with van der Waals surface area (Å²) >= 11 is 5.83. The molecule has 9 heteroatoms. The second kappa shape index (κ2) is 9.37. The van der Waals surface area contributed by atoms with Crippen LogP contribution >= 0.6 is 11.6 Å². The summed E-state index contributed by atoms with van der Waals surface area (Å²) in [6, 6.07) is 6.07. The van der Waals surface area contributed by atoms with Crippen LogP contribution in [0.25, 0.3) is 0 Å². The number of rotatable bonds is 8. The highest BCUT2D eigenvalue weighted by atomic mass is 35.5. The SMILES string of the molecule is CN(CCC1=Nc2nccc(/C(Cc3ccc(F)c(Cl)c3)=N/O)c2C1)CC(F)F. The number of aromatic nitrogens is 1. The lowest BCUT2D eigenvalue weighted by Gasteiger charge is -2.15. The van der Waals surface area contributed by atoms with Crippen LogP contribution in [0.1, 0.15) is 23.1 Å². The molecule has 2 aromatic rings. The summed E-state index contributed by atoms with van der Waals surface area (Å²) in [4.78, 5) is 10.3. The lowest BCUT2D eigenvalue weighted by Crippen LogP contribution is -2.27. The Kier molecular flexibility index (Phi) is 6.87. The monoisotopic (exact) mass is 424 g/mol. The van der Waals surface area contributed by atoms with E-state index in [9.17, 15) is 18.4 Å². The van der Waals surface area contributed by atoms with Crippen LogP contribution in [-0.2, 0) is 12.8 Å². The molecule has 5 nitrogen and oxygen atoms in total. The fourth-order valence-electron chi connectivity index (χ4n) is 3.23. The molecule has 1 aromatic carbocycles. The van der Waals surface area contributed by atoms with Gasteiger partial charge < -0.3 is 10.1 Å². The molecule has 0 saturated carbocycles. The van der Waals surface area contributed by atoms with E-state index in [2.05, 4.69) is 15.1 Å². The third-order valence-corrected chi connectivity index (χ3v) is 4.99. The number of pyridine rings is 1. The van der Waals surface area contributed by atoms with E-state index in [0.29, 0.717) is 42.0 Å². The maximum absolute atomic E-state index is 13.4. The minimum atomic E-state index is -2.38. The molecular formula is C20H20ClF3N4O. The van der Waals surface area contributed by atoms with Gasteiger partial charge in [0.05, 0.1) is 17.3 Å². The highest BCUT2D eigenvalue weighted by Crippen LogP contribution is 2.29. The number of fused-ring (bicyclic) bond motifs is 1. The Morgan fingerprint density at radius 1 is 1.34 bits per heavy atom. The highest BCUT2D eigenvalue weighted by molar-refractivity contribution is 6.30. The Morgan fingerprint density at radius 3 is 2.83 bits per heavy atom. The third-order valence-electron chi connectivity index (χ3n) is 4.70. The van der Waals surface area contributed by atoms with E-state index in [-0.39, 0.29) is 18.0 Å². The highest BCUT2D eigenvalue weighted by Gasteiger charge is 2.22. The maximum atomic E-state index is 13.4. The normalized spacial score (nSPS) is 13.9. The number of nitrogens with zero attached hydrogens (tertiary/aromatic N) is 4. The van der Waals surface area contributed by atoms with Gasteiger partial charge in [0.1, 0.15) is 5.82 Å². The van der Waals surface area contributed by atoms with Crippen molar-refractivity contribution in [2.45, 2.75) is 25.7 Å². The van der Waals surface area contributed by atoms with Crippen molar-refractivity contribution in [3.8, 4) is 0 Å². The van der Waals surface area contributed by atoms with Crippen molar-refractivity contribution in [2.75, 3.05) is 20.1 Å². The Bertz CT molecular complexity index is 949. The Labute approximate surface area is 171 Å². The van der Waals surface area contributed by atoms with Gasteiger partial charge in [0.2, 0.25) is 0 Å². The van der Waals surface area contributed by atoms with E-state index in [1.54, 1.807) is 30.3 Å². The summed E-state index contributed by atoms with van der Waals surface area (Å²) in [6.07, 6.45) is 0.494. The van der Waals surface area contributed by atoms with Crippen LogP contribution < -0.4 is 0 Å². The molecule has 1 aliphatic rings. The third kappa shape index (κ3) is 5.33. The van der Waals surface area contributed by atoms with Gasteiger partial charge in [-0.3, -0.25) is 0 Å². The number of aliphatic imine (C=N–C) groups is 1. The molecule has 0 radical (unpaired) electrons. The first-order chi connectivity index (χ1) is 13.9. The summed E-state index contributed by atoms with van der Waals surface area (Å²) in [6.45, 7) is 0.173. The zero-order valence-electron chi connectivity index (χ0n) is 15.7. The average Bonchev–Trinajstić information content (AvgIpc) is 3.10. The number of halogens is 4. The fraction of sp³-hybridized carbons (Fsp3) is 0.350. The van der Waals surface area contributed by atoms with Crippen LogP contribution in [0.5, 0.6) is 0 Å². The number of alkyl halides is 2. The first kappa shape index (κ1) is 21.3. The predicted octanol–water partition coefficient (Wildman–Crippen LogP) is 4.51. The molecule has 0 saturated heterocycles. The van der Waals surface area contributed by atoms with Gasteiger partial charge in [0.15, 0.2) is 5.82 Å². The molecule has 1 aromatic heterocycles. The molecule has 154 valence electrons. The number of oxime groups is 1. The molecule has 1 N–H and O–H groups in total. The van der Waals surface area contributed by atoms with E-state index in [0.717, 1.165) is 11.3 Å². The van der Waals surface area contributed by atoms with E-state index in [4.69, 9.17) is 11.6 Å². The average molecular weight is 425 g/mol. The minimum Gasteiger partial charge on any atom is -0.411 e. The van der Waals surface area contributed by atoms with Crippen LogP contribution in [0.2, 0.25) is 5.02 Å². The molecule has 0 atom stereocenters. The summed E-state index contributed by atoms with van der Waals surface area (Å²) in [5.41, 5.74) is 3.43. The molecule has 0 aliphatic carbocycles. The van der Waals surface area contributed by atoms with Gasteiger partial charge in [0, 0.05) is 42.4 Å². The minimum absolute atomic E-state index is 0.00159. The largest absolute Gasteiger partial charge is 0.411 e. The zero-order chi connectivity index (χ0) is 21.0. The maximum Gasteiger partial charge on any atom is 0.251 e. The smallest absolute Gasteiger partial charge is 0.251 e. The second-order valence-electron chi connectivity index (χ2n) is 6.89. The first-order valence-electron chi connectivity index (χ1n) is 9.03. The molecule has 2 heterocycles. The van der Waals surface area contributed by atoms with Crippen LogP contribution in [0.3, 0.4) is 0 Å². The summed E-state index contributed by atoms with van der Waals surface area (Å²) in [7, 11) is 1.64. The number of hydrogen-bond acceptors (Lipinski definition) is 5. The molecule has 3 rings (SSSR count). The standard InChI is InChI=1S/C20H20ClF3N4O/c1-28(11-19(23)24)7-5-13-10-15-14(4-6-25-20(15)26-13)18(27-29)9-12-2-3-17(22)16(21)8-12/h2-4,6,8,19,29H,5,7,9-11H2,1H3/b27-18+. The second-order valence-corrected chi connectivity index (χ2v) is 7.30. The summed E-state index contributed by atoms with van der Waals surface area (Å²) in [5, 5.41) is 13.0. The van der Waals surface area contributed by atoms with Crippen molar-refractivity contribution in [1.29, 1.82) is 0 Å². The van der Waals surface area contributed by atoms with Crippen LogP contribution in [0, 0.1) is 5.82 Å². The lowest BCUT2D eigenvalue weighted by atomic mass is 9.96. The quantitative estimate of drug-likeness (QED) is 0.385. The van der Waals surface area contributed by atoms with E-state index < -0.39 is 12.2 Å². The van der Waals surface area contributed by atoms with Gasteiger partial charge in [-0.15, -0.1) is 0 Å².